The van der Waals surface area contributed by atoms with Gasteiger partial charge in [-0.3, -0.25) is 4.79 Å². The fourth-order valence-corrected chi connectivity index (χ4v) is 1.49. The first-order valence-electron chi connectivity index (χ1n) is 4.39. The van der Waals surface area contributed by atoms with Gasteiger partial charge in [0, 0.05) is 0 Å². The van der Waals surface area contributed by atoms with E-state index >= 15 is 0 Å². The third-order valence-corrected chi connectivity index (χ3v) is 2.57. The quantitative estimate of drug-likeness (QED) is 0.800. The molecule has 0 aliphatic rings. The van der Waals surface area contributed by atoms with Crippen molar-refractivity contribution in [3.8, 4) is 11.8 Å². The summed E-state index contributed by atoms with van der Waals surface area (Å²) >= 11 is 5.88. The van der Waals surface area contributed by atoms with E-state index in [1.54, 1.807) is 6.07 Å². The minimum atomic E-state index is -0.805. The Morgan fingerprint density at radius 3 is 2.87 bits per heavy atom. The number of alkyl halides is 1. The molecule has 0 heterocycles. The monoisotopic (exact) mass is 223 g/mol. The number of ketones is 1. The normalized spacial score (nSPS) is 11.8. The first-order chi connectivity index (χ1) is 7.06. The maximum Gasteiger partial charge on any atom is 0.152 e. The lowest BCUT2D eigenvalue weighted by molar-refractivity contribution is -0.116. The zero-order chi connectivity index (χ0) is 11.4. The number of nitrogens with zero attached hydrogens (tertiary/aromatic N) is 1. The highest BCUT2D eigenvalue weighted by Crippen LogP contribution is 2.28. The second-order valence-corrected chi connectivity index (χ2v) is 3.63. The summed E-state index contributed by atoms with van der Waals surface area (Å²) < 4.78 is 0. The summed E-state index contributed by atoms with van der Waals surface area (Å²) in [6.07, 6.45) is 0.173. The van der Waals surface area contributed by atoms with E-state index in [-0.39, 0.29) is 18.0 Å². The number of halogens is 1. The molecule has 0 aliphatic carbocycles. The Labute approximate surface area is 92.9 Å². The highest BCUT2D eigenvalue weighted by Gasteiger charge is 2.17. The zero-order valence-electron chi connectivity index (χ0n) is 8.20. The number of aromatic hydroxyl groups is 1. The van der Waals surface area contributed by atoms with Crippen molar-refractivity contribution in [1.29, 1.82) is 5.26 Å². The fourth-order valence-electron chi connectivity index (χ4n) is 1.28. The number of carbonyl (C=O) groups is 1. The van der Waals surface area contributed by atoms with Gasteiger partial charge in [-0.15, -0.1) is 11.6 Å². The average Bonchev–Trinajstić information content (AvgIpc) is 2.20. The highest BCUT2D eigenvalue weighted by atomic mass is 35.5. The standard InChI is InChI=1S/C11H10ClNO2/c1-7(14)11(12)10-6-9(15)3-2-8(10)4-5-13/h2-3,6,11,15H,4H2,1H3. The second-order valence-electron chi connectivity index (χ2n) is 3.19. The van der Waals surface area contributed by atoms with Gasteiger partial charge in [0.05, 0.1) is 12.5 Å². The van der Waals surface area contributed by atoms with Crippen LogP contribution < -0.4 is 0 Å². The lowest BCUT2D eigenvalue weighted by Gasteiger charge is -2.10. The molecule has 0 aromatic heterocycles. The molecule has 0 aliphatic heterocycles. The second kappa shape index (κ2) is 4.81. The van der Waals surface area contributed by atoms with Crippen LogP contribution in [-0.4, -0.2) is 10.9 Å². The van der Waals surface area contributed by atoms with Crippen LogP contribution in [0, 0.1) is 11.3 Å². The van der Waals surface area contributed by atoms with Gasteiger partial charge in [0.25, 0.3) is 0 Å². The Morgan fingerprint density at radius 1 is 1.67 bits per heavy atom. The molecule has 0 amide bonds. The summed E-state index contributed by atoms with van der Waals surface area (Å²) in [5.41, 5.74) is 1.18. The molecule has 1 rings (SSSR count). The molecule has 1 atom stereocenters. The number of hydrogen-bond acceptors (Lipinski definition) is 3. The lowest BCUT2D eigenvalue weighted by Crippen LogP contribution is -2.04. The largest absolute Gasteiger partial charge is 0.508 e. The van der Waals surface area contributed by atoms with E-state index in [0.717, 1.165) is 0 Å². The number of hydrogen-bond donors (Lipinski definition) is 1. The topological polar surface area (TPSA) is 61.1 Å². The predicted molar refractivity (Wildman–Crippen MR) is 56.7 cm³/mol. The van der Waals surface area contributed by atoms with E-state index in [4.69, 9.17) is 16.9 Å². The molecule has 3 nitrogen and oxygen atoms in total. The number of phenols is 1. The van der Waals surface area contributed by atoms with Gasteiger partial charge in [0.1, 0.15) is 11.1 Å². The smallest absolute Gasteiger partial charge is 0.152 e. The molecule has 0 radical (unpaired) electrons. The summed E-state index contributed by atoms with van der Waals surface area (Å²) in [6, 6.07) is 6.48. The molecule has 1 unspecified atom stereocenters. The van der Waals surface area contributed by atoms with Gasteiger partial charge < -0.3 is 5.11 Å². The maximum absolute atomic E-state index is 11.1. The molecule has 0 fully saturated rings. The first-order valence-corrected chi connectivity index (χ1v) is 4.83. The van der Waals surface area contributed by atoms with Crippen LogP contribution in [0.2, 0.25) is 0 Å². The van der Waals surface area contributed by atoms with E-state index in [2.05, 4.69) is 0 Å². The zero-order valence-corrected chi connectivity index (χ0v) is 8.95. The van der Waals surface area contributed by atoms with Gasteiger partial charge in [-0.05, 0) is 30.2 Å². The van der Waals surface area contributed by atoms with Crippen LogP contribution in [0.1, 0.15) is 23.4 Å². The Morgan fingerprint density at radius 2 is 2.33 bits per heavy atom. The fraction of sp³-hybridized carbons (Fsp3) is 0.273. The lowest BCUT2D eigenvalue weighted by atomic mass is 10.00. The van der Waals surface area contributed by atoms with Crippen LogP contribution in [0.25, 0.3) is 0 Å². The minimum Gasteiger partial charge on any atom is -0.508 e. The SMILES string of the molecule is CC(=O)C(Cl)c1cc(O)ccc1CC#N. The van der Waals surface area contributed by atoms with Crippen molar-refractivity contribution in [3.63, 3.8) is 0 Å². The summed E-state index contributed by atoms with van der Waals surface area (Å²) in [5, 5.41) is 17.1. The Hall–Kier alpha value is -1.53. The van der Waals surface area contributed by atoms with Crippen LogP contribution in [0.15, 0.2) is 18.2 Å². The summed E-state index contributed by atoms with van der Waals surface area (Å²) in [6.45, 7) is 1.37. The van der Waals surface area contributed by atoms with Crippen molar-refractivity contribution in [1.82, 2.24) is 0 Å². The van der Waals surface area contributed by atoms with E-state index in [9.17, 15) is 9.90 Å². The predicted octanol–water partition coefficient (Wildman–Crippen LogP) is 2.33. The Balaban J connectivity index is 3.18. The van der Waals surface area contributed by atoms with Crippen LogP contribution in [0.5, 0.6) is 5.75 Å². The van der Waals surface area contributed by atoms with Crippen molar-refractivity contribution in [2.45, 2.75) is 18.7 Å². The van der Waals surface area contributed by atoms with E-state index < -0.39 is 5.38 Å². The van der Waals surface area contributed by atoms with E-state index in [0.29, 0.717) is 11.1 Å². The van der Waals surface area contributed by atoms with Crippen LogP contribution in [0.4, 0.5) is 0 Å². The number of rotatable bonds is 3. The maximum atomic E-state index is 11.1. The third-order valence-electron chi connectivity index (χ3n) is 2.03. The molecule has 4 heteroatoms. The number of benzene rings is 1. The van der Waals surface area contributed by atoms with Gasteiger partial charge in [0.15, 0.2) is 5.78 Å². The molecule has 78 valence electrons. The first kappa shape index (κ1) is 11.5. The van der Waals surface area contributed by atoms with Gasteiger partial charge in [-0.25, -0.2) is 0 Å². The molecular weight excluding hydrogens is 214 g/mol. The number of Topliss-reactive ketones (excluding diaryl/α,β-unsaturated/α-hetero) is 1. The average molecular weight is 224 g/mol. The molecule has 15 heavy (non-hydrogen) atoms. The van der Waals surface area contributed by atoms with Crippen molar-refractivity contribution in [2.24, 2.45) is 0 Å². The summed E-state index contributed by atoms with van der Waals surface area (Å²) in [7, 11) is 0. The molecule has 0 saturated heterocycles. The molecule has 1 aromatic carbocycles. The number of carbonyl (C=O) groups excluding carboxylic acids is 1. The number of nitriles is 1. The van der Waals surface area contributed by atoms with E-state index in [1.165, 1.54) is 19.1 Å². The highest BCUT2D eigenvalue weighted by molar-refractivity contribution is 6.30. The molecule has 1 aromatic rings. The molecular formula is C11H10ClNO2. The van der Waals surface area contributed by atoms with Crippen molar-refractivity contribution in [3.05, 3.63) is 29.3 Å². The Kier molecular flexibility index (Phi) is 3.70. The van der Waals surface area contributed by atoms with Crippen molar-refractivity contribution in [2.75, 3.05) is 0 Å². The molecule has 0 spiro atoms. The van der Waals surface area contributed by atoms with Gasteiger partial charge in [-0.1, -0.05) is 6.07 Å². The van der Waals surface area contributed by atoms with Crippen LogP contribution >= 0.6 is 11.6 Å². The molecule has 0 bridgehead atoms. The van der Waals surface area contributed by atoms with E-state index in [1.807, 2.05) is 6.07 Å². The summed E-state index contributed by atoms with van der Waals surface area (Å²) in [4.78, 5) is 11.1. The van der Waals surface area contributed by atoms with Gasteiger partial charge >= 0.3 is 0 Å². The minimum absolute atomic E-state index is 0.0404. The molecule has 1 N–H and O–H groups in total. The van der Waals surface area contributed by atoms with Gasteiger partial charge in [-0.2, -0.15) is 5.26 Å². The van der Waals surface area contributed by atoms with Crippen molar-refractivity contribution < 1.29 is 9.90 Å². The van der Waals surface area contributed by atoms with Crippen LogP contribution in [-0.2, 0) is 11.2 Å². The molecule has 0 saturated carbocycles. The number of phenolic OH excluding ortho intramolecular Hbond substituents is 1. The van der Waals surface area contributed by atoms with Crippen molar-refractivity contribution >= 4 is 17.4 Å². The Bertz CT molecular complexity index is 423. The van der Waals surface area contributed by atoms with Crippen LogP contribution in [0.3, 0.4) is 0 Å². The summed E-state index contributed by atoms with van der Waals surface area (Å²) in [5.74, 6) is -0.167. The third kappa shape index (κ3) is 2.71. The van der Waals surface area contributed by atoms with Gasteiger partial charge in [0.2, 0.25) is 0 Å².